The summed E-state index contributed by atoms with van der Waals surface area (Å²) in [6, 6.07) is 0. The van der Waals surface area contributed by atoms with E-state index >= 15 is 0 Å². The minimum Gasteiger partial charge on any atom is -0.337 e. The molecule has 0 aromatic carbocycles. The Morgan fingerprint density at radius 2 is 2.27 bits per heavy atom. The minimum atomic E-state index is -0.290. The smallest absolute Gasteiger partial charge is 0.228 e. The number of H-pyrrole nitrogens is 1. The molecule has 0 aliphatic carbocycles. The molecule has 4 heteroatoms. The predicted octanol–water partition coefficient (Wildman–Crippen LogP) is 1.34. The second-order valence-corrected chi connectivity index (χ2v) is 5.10. The maximum absolute atomic E-state index is 12.0. The number of amides is 1. The van der Waals surface area contributed by atoms with Crippen molar-refractivity contribution >= 4 is 5.91 Å². The maximum atomic E-state index is 12.0. The summed E-state index contributed by atoms with van der Waals surface area (Å²) < 4.78 is 0. The lowest BCUT2D eigenvalue weighted by Gasteiger charge is -2.32. The van der Waals surface area contributed by atoms with Gasteiger partial charge in [0.1, 0.15) is 0 Å². The number of carbonyl (C=O) groups excluding carboxylic acids is 1. The number of rotatable bonds is 0. The summed E-state index contributed by atoms with van der Waals surface area (Å²) >= 11 is 0. The average molecular weight is 207 g/mol. The molecule has 1 aliphatic heterocycles. The van der Waals surface area contributed by atoms with Gasteiger partial charge in [0.25, 0.3) is 0 Å². The number of fused-ring (bicyclic) bond motifs is 1. The third kappa shape index (κ3) is 1.89. The molecule has 0 bridgehead atoms. The van der Waals surface area contributed by atoms with Crippen molar-refractivity contribution in [3.05, 3.63) is 17.5 Å². The number of nitrogens with one attached hydrogen (secondary N) is 1. The van der Waals surface area contributed by atoms with Gasteiger partial charge in [0.2, 0.25) is 5.91 Å². The maximum Gasteiger partial charge on any atom is 0.228 e. The summed E-state index contributed by atoms with van der Waals surface area (Å²) in [6.07, 6.45) is 2.70. The van der Waals surface area contributed by atoms with Crippen LogP contribution in [0.4, 0.5) is 0 Å². The fourth-order valence-corrected chi connectivity index (χ4v) is 1.87. The minimum absolute atomic E-state index is 0.217. The molecule has 0 unspecified atom stereocenters. The van der Waals surface area contributed by atoms with E-state index in [9.17, 15) is 4.79 Å². The lowest BCUT2D eigenvalue weighted by atomic mass is 9.93. The van der Waals surface area contributed by atoms with Crippen molar-refractivity contribution in [1.82, 2.24) is 15.1 Å². The Bertz CT molecular complexity index is 375. The molecule has 1 aromatic heterocycles. The zero-order chi connectivity index (χ0) is 11.1. The molecule has 2 rings (SSSR count). The van der Waals surface area contributed by atoms with Crippen LogP contribution in [-0.4, -0.2) is 27.5 Å². The number of carbonyl (C=O) groups is 1. The molecular weight excluding hydrogens is 190 g/mol. The Balaban J connectivity index is 2.14. The number of hydrogen-bond donors (Lipinski definition) is 1. The molecule has 0 saturated carbocycles. The van der Waals surface area contributed by atoms with Crippen LogP contribution >= 0.6 is 0 Å². The lowest BCUT2D eigenvalue weighted by molar-refractivity contribution is -0.140. The summed E-state index contributed by atoms with van der Waals surface area (Å²) in [5, 5.41) is 6.96. The molecular formula is C11H17N3O. The molecule has 1 aromatic rings. The normalized spacial score (nSPS) is 16.3. The molecule has 1 N–H and O–H groups in total. The van der Waals surface area contributed by atoms with Crippen LogP contribution in [0.1, 0.15) is 32.0 Å². The van der Waals surface area contributed by atoms with Crippen molar-refractivity contribution in [3.8, 4) is 0 Å². The monoisotopic (exact) mass is 207 g/mol. The van der Waals surface area contributed by atoms with E-state index in [1.807, 2.05) is 31.9 Å². The van der Waals surface area contributed by atoms with E-state index < -0.39 is 0 Å². The fourth-order valence-electron chi connectivity index (χ4n) is 1.87. The fraction of sp³-hybridized carbons (Fsp3) is 0.636. The zero-order valence-electron chi connectivity index (χ0n) is 9.50. The molecule has 1 amide bonds. The third-order valence-corrected chi connectivity index (χ3v) is 2.73. The first-order chi connectivity index (χ1) is 6.98. The van der Waals surface area contributed by atoms with Crippen molar-refractivity contribution in [2.75, 3.05) is 6.54 Å². The van der Waals surface area contributed by atoms with E-state index in [2.05, 4.69) is 10.2 Å². The Morgan fingerprint density at radius 1 is 1.53 bits per heavy atom. The second-order valence-electron chi connectivity index (χ2n) is 5.10. The third-order valence-electron chi connectivity index (χ3n) is 2.73. The number of aromatic amines is 1. The summed E-state index contributed by atoms with van der Waals surface area (Å²) in [6.45, 7) is 7.37. The molecule has 82 valence electrons. The Morgan fingerprint density at radius 3 is 2.93 bits per heavy atom. The predicted molar refractivity (Wildman–Crippen MR) is 57.2 cm³/mol. The van der Waals surface area contributed by atoms with Crippen LogP contribution < -0.4 is 0 Å². The topological polar surface area (TPSA) is 49.0 Å². The van der Waals surface area contributed by atoms with Gasteiger partial charge in [0, 0.05) is 36.2 Å². The molecule has 0 atom stereocenters. The second kappa shape index (κ2) is 3.36. The van der Waals surface area contributed by atoms with Crippen LogP contribution in [-0.2, 0) is 17.8 Å². The van der Waals surface area contributed by atoms with Gasteiger partial charge in [-0.3, -0.25) is 9.89 Å². The highest BCUT2D eigenvalue weighted by Gasteiger charge is 2.29. The Hall–Kier alpha value is -1.32. The first kappa shape index (κ1) is 10.2. The summed E-state index contributed by atoms with van der Waals surface area (Å²) in [5.41, 5.74) is 2.04. The molecule has 15 heavy (non-hydrogen) atoms. The highest BCUT2D eigenvalue weighted by molar-refractivity contribution is 5.81. The van der Waals surface area contributed by atoms with Crippen molar-refractivity contribution in [2.45, 2.75) is 33.7 Å². The first-order valence-corrected chi connectivity index (χ1v) is 5.29. The number of nitrogens with zero attached hydrogens (tertiary/aromatic N) is 2. The van der Waals surface area contributed by atoms with Gasteiger partial charge in [-0.05, 0) is 0 Å². The van der Waals surface area contributed by atoms with Crippen LogP contribution in [0.15, 0.2) is 6.20 Å². The summed E-state index contributed by atoms with van der Waals surface area (Å²) in [7, 11) is 0. The van der Waals surface area contributed by atoms with Crippen LogP contribution in [0.25, 0.3) is 0 Å². The van der Waals surface area contributed by atoms with Crippen molar-refractivity contribution in [1.29, 1.82) is 0 Å². The first-order valence-electron chi connectivity index (χ1n) is 5.29. The molecule has 0 saturated heterocycles. The van der Waals surface area contributed by atoms with E-state index in [-0.39, 0.29) is 11.3 Å². The van der Waals surface area contributed by atoms with Crippen molar-refractivity contribution in [3.63, 3.8) is 0 Å². The molecule has 0 spiro atoms. The summed E-state index contributed by atoms with van der Waals surface area (Å²) in [5.74, 6) is 0.217. The van der Waals surface area contributed by atoms with Gasteiger partial charge in [0.15, 0.2) is 0 Å². The quantitative estimate of drug-likeness (QED) is 0.698. The molecule has 0 fully saturated rings. The van der Waals surface area contributed by atoms with E-state index in [1.165, 1.54) is 5.69 Å². The van der Waals surface area contributed by atoms with E-state index in [0.717, 1.165) is 18.5 Å². The van der Waals surface area contributed by atoms with Gasteiger partial charge in [-0.1, -0.05) is 20.8 Å². The van der Waals surface area contributed by atoms with Crippen LogP contribution in [0, 0.1) is 5.41 Å². The van der Waals surface area contributed by atoms with E-state index in [4.69, 9.17) is 0 Å². The van der Waals surface area contributed by atoms with E-state index in [0.29, 0.717) is 6.54 Å². The van der Waals surface area contributed by atoms with E-state index in [1.54, 1.807) is 0 Å². The highest BCUT2D eigenvalue weighted by Crippen LogP contribution is 2.23. The van der Waals surface area contributed by atoms with Gasteiger partial charge < -0.3 is 4.90 Å². The largest absolute Gasteiger partial charge is 0.337 e. The van der Waals surface area contributed by atoms with Gasteiger partial charge in [-0.15, -0.1) is 0 Å². The van der Waals surface area contributed by atoms with Crippen molar-refractivity contribution in [2.24, 2.45) is 5.41 Å². The highest BCUT2D eigenvalue weighted by atomic mass is 16.2. The summed E-state index contributed by atoms with van der Waals surface area (Å²) in [4.78, 5) is 14.0. The molecule has 4 nitrogen and oxygen atoms in total. The van der Waals surface area contributed by atoms with Gasteiger partial charge in [0.05, 0.1) is 6.20 Å². The SMILES string of the molecule is CC(C)(C)C(=O)N1CCc2[nH]ncc2C1. The zero-order valence-corrected chi connectivity index (χ0v) is 9.50. The Kier molecular flexibility index (Phi) is 2.29. The average Bonchev–Trinajstić information content (AvgIpc) is 2.61. The number of aromatic nitrogens is 2. The number of hydrogen-bond acceptors (Lipinski definition) is 2. The van der Waals surface area contributed by atoms with Gasteiger partial charge >= 0.3 is 0 Å². The molecule has 1 aliphatic rings. The van der Waals surface area contributed by atoms with Gasteiger partial charge in [-0.2, -0.15) is 5.10 Å². The van der Waals surface area contributed by atoms with Crippen LogP contribution in [0.3, 0.4) is 0 Å². The van der Waals surface area contributed by atoms with Gasteiger partial charge in [-0.25, -0.2) is 0 Å². The van der Waals surface area contributed by atoms with Crippen LogP contribution in [0.2, 0.25) is 0 Å². The molecule has 2 heterocycles. The lowest BCUT2D eigenvalue weighted by Crippen LogP contribution is -2.42. The standard InChI is InChI=1S/C11H17N3O/c1-11(2,3)10(15)14-5-4-9-8(7-14)6-12-13-9/h6H,4-5,7H2,1-3H3,(H,12,13). The van der Waals surface area contributed by atoms with Crippen molar-refractivity contribution < 1.29 is 4.79 Å². The van der Waals surface area contributed by atoms with Crippen LogP contribution in [0.5, 0.6) is 0 Å². The molecule has 0 radical (unpaired) electrons. The Labute approximate surface area is 89.7 Å².